The quantitative estimate of drug-likeness (QED) is 0.290. The zero-order chi connectivity index (χ0) is 10.8. The van der Waals surface area contributed by atoms with Crippen molar-refractivity contribution >= 4 is 5.91 Å². The molecule has 0 spiro atoms. The van der Waals surface area contributed by atoms with E-state index in [9.17, 15) is 4.79 Å². The van der Waals surface area contributed by atoms with Crippen LogP contribution in [0.15, 0.2) is 5.11 Å². The number of carbonyl (C=O) groups is 1. The van der Waals surface area contributed by atoms with Crippen LogP contribution in [0.4, 0.5) is 0 Å². The second-order valence-electron chi connectivity index (χ2n) is 3.02. The van der Waals surface area contributed by atoms with Crippen molar-refractivity contribution in [2.24, 2.45) is 5.11 Å². The normalized spacial score (nSPS) is 9.64. The van der Waals surface area contributed by atoms with Crippen LogP contribution < -0.4 is 5.32 Å². The van der Waals surface area contributed by atoms with Gasteiger partial charge in [-0.25, -0.2) is 0 Å². The highest BCUT2D eigenvalue weighted by molar-refractivity contribution is 5.77. The fourth-order valence-corrected chi connectivity index (χ4v) is 0.716. The zero-order valence-corrected chi connectivity index (χ0v) is 8.56. The average molecular weight is 200 g/mol. The molecule has 0 heterocycles. The second-order valence-corrected chi connectivity index (χ2v) is 3.02. The molecule has 0 aromatic rings. The molecule has 0 aliphatic heterocycles. The molecule has 0 saturated carbocycles. The molecule has 6 nitrogen and oxygen atoms in total. The van der Waals surface area contributed by atoms with Gasteiger partial charge < -0.3 is 10.1 Å². The molecule has 0 atom stereocenters. The second kappa shape index (κ2) is 8.34. The Bertz CT molecular complexity index is 211. The topological polar surface area (TPSA) is 87.1 Å². The first-order valence-corrected chi connectivity index (χ1v) is 4.56. The molecule has 14 heavy (non-hydrogen) atoms. The first kappa shape index (κ1) is 12.7. The maximum atomic E-state index is 11.0. The molecule has 0 aliphatic rings. The summed E-state index contributed by atoms with van der Waals surface area (Å²) in [5.41, 5.74) is 7.97. The molecule has 80 valence electrons. The van der Waals surface area contributed by atoms with E-state index in [-0.39, 0.29) is 18.6 Å². The number of hydrogen-bond acceptors (Lipinski definition) is 3. The lowest BCUT2D eigenvalue weighted by Crippen LogP contribution is -2.29. The molecule has 0 aliphatic carbocycles. The van der Waals surface area contributed by atoms with Gasteiger partial charge in [0.15, 0.2) is 0 Å². The highest BCUT2D eigenvalue weighted by Gasteiger charge is 2.01. The number of azide groups is 1. The fourth-order valence-electron chi connectivity index (χ4n) is 0.716. The van der Waals surface area contributed by atoms with Crippen LogP contribution in [-0.4, -0.2) is 31.7 Å². The molecular weight excluding hydrogens is 184 g/mol. The standard InChI is InChI=1S/C8H16N4O2/c1-7(2)14-6-8(13)10-4-3-5-11-12-9/h7H,3-6H2,1-2H3,(H,10,13). The molecule has 0 fully saturated rings. The maximum Gasteiger partial charge on any atom is 0.246 e. The van der Waals surface area contributed by atoms with Crippen molar-refractivity contribution in [2.45, 2.75) is 26.4 Å². The number of nitrogens with zero attached hydrogens (tertiary/aromatic N) is 3. The Morgan fingerprint density at radius 3 is 2.93 bits per heavy atom. The molecule has 0 unspecified atom stereocenters. The first-order valence-electron chi connectivity index (χ1n) is 4.56. The Kier molecular flexibility index (Phi) is 7.59. The summed E-state index contributed by atoms with van der Waals surface area (Å²) in [4.78, 5) is 13.6. The van der Waals surface area contributed by atoms with Gasteiger partial charge in [0, 0.05) is 18.0 Å². The minimum atomic E-state index is -0.139. The highest BCUT2D eigenvalue weighted by atomic mass is 16.5. The van der Waals surface area contributed by atoms with E-state index in [1.54, 1.807) is 0 Å². The summed E-state index contributed by atoms with van der Waals surface area (Å²) < 4.78 is 5.09. The van der Waals surface area contributed by atoms with E-state index in [0.717, 1.165) is 0 Å². The van der Waals surface area contributed by atoms with Gasteiger partial charge in [0.25, 0.3) is 0 Å². The SMILES string of the molecule is CC(C)OCC(=O)NCCCN=[N+]=[N-]. The zero-order valence-electron chi connectivity index (χ0n) is 8.56. The Morgan fingerprint density at radius 2 is 2.36 bits per heavy atom. The molecule has 0 aromatic carbocycles. The number of amides is 1. The van der Waals surface area contributed by atoms with Crippen LogP contribution in [0.1, 0.15) is 20.3 Å². The van der Waals surface area contributed by atoms with Gasteiger partial charge in [0.05, 0.1) is 6.10 Å². The fraction of sp³-hybridized carbons (Fsp3) is 0.875. The maximum absolute atomic E-state index is 11.0. The highest BCUT2D eigenvalue weighted by Crippen LogP contribution is 1.86. The molecule has 0 bridgehead atoms. The summed E-state index contributed by atoms with van der Waals surface area (Å²) in [6.07, 6.45) is 0.709. The summed E-state index contributed by atoms with van der Waals surface area (Å²) >= 11 is 0. The molecule has 1 N–H and O–H groups in total. The van der Waals surface area contributed by atoms with Crippen LogP contribution in [0.5, 0.6) is 0 Å². The lowest BCUT2D eigenvalue weighted by molar-refractivity contribution is -0.127. The van der Waals surface area contributed by atoms with E-state index in [4.69, 9.17) is 10.3 Å². The molecule has 1 amide bonds. The summed E-state index contributed by atoms with van der Waals surface area (Å²) in [6, 6.07) is 0. The lowest BCUT2D eigenvalue weighted by atomic mass is 10.4. The predicted molar refractivity (Wildman–Crippen MR) is 52.7 cm³/mol. The number of carbonyl (C=O) groups excluding carboxylic acids is 1. The van der Waals surface area contributed by atoms with Crippen LogP contribution in [-0.2, 0) is 9.53 Å². The Labute approximate surface area is 83.3 Å². The van der Waals surface area contributed by atoms with Gasteiger partial charge in [0.2, 0.25) is 5.91 Å². The van der Waals surface area contributed by atoms with Crippen LogP contribution in [0.3, 0.4) is 0 Å². The van der Waals surface area contributed by atoms with Crippen molar-refractivity contribution in [3.63, 3.8) is 0 Å². The van der Waals surface area contributed by atoms with Crippen LogP contribution in [0.2, 0.25) is 0 Å². The molecule has 0 saturated heterocycles. The summed E-state index contributed by atoms with van der Waals surface area (Å²) in [5, 5.41) is 5.99. The number of rotatable bonds is 7. The van der Waals surface area contributed by atoms with Gasteiger partial charge in [-0.1, -0.05) is 5.11 Å². The van der Waals surface area contributed by atoms with Gasteiger partial charge in [-0.3, -0.25) is 4.79 Å². The first-order chi connectivity index (χ1) is 6.66. The van der Waals surface area contributed by atoms with Gasteiger partial charge in [-0.2, -0.15) is 0 Å². The smallest absolute Gasteiger partial charge is 0.246 e. The van der Waals surface area contributed by atoms with Crippen molar-refractivity contribution in [3.8, 4) is 0 Å². The third-order valence-electron chi connectivity index (χ3n) is 1.37. The number of nitrogens with one attached hydrogen (secondary N) is 1. The van der Waals surface area contributed by atoms with E-state index in [2.05, 4.69) is 15.3 Å². The minimum Gasteiger partial charge on any atom is -0.369 e. The molecule has 0 radical (unpaired) electrons. The van der Waals surface area contributed by atoms with Gasteiger partial charge in [-0.15, -0.1) is 0 Å². The predicted octanol–water partition coefficient (Wildman–Crippen LogP) is 1.23. The Morgan fingerprint density at radius 1 is 1.64 bits per heavy atom. The summed E-state index contributed by atoms with van der Waals surface area (Å²) in [6.45, 7) is 4.74. The average Bonchev–Trinajstić information content (AvgIpc) is 2.14. The summed E-state index contributed by atoms with van der Waals surface area (Å²) in [7, 11) is 0. The van der Waals surface area contributed by atoms with Crippen molar-refractivity contribution < 1.29 is 9.53 Å². The molecule has 0 aromatic heterocycles. The van der Waals surface area contributed by atoms with Crippen molar-refractivity contribution in [2.75, 3.05) is 19.7 Å². The van der Waals surface area contributed by atoms with Crippen LogP contribution in [0, 0.1) is 0 Å². The van der Waals surface area contributed by atoms with Gasteiger partial charge in [0.1, 0.15) is 6.61 Å². The van der Waals surface area contributed by atoms with Crippen LogP contribution in [0.25, 0.3) is 10.4 Å². The van der Waals surface area contributed by atoms with Gasteiger partial charge >= 0.3 is 0 Å². The number of hydrogen-bond donors (Lipinski definition) is 1. The molecule has 0 rings (SSSR count). The van der Waals surface area contributed by atoms with E-state index in [1.807, 2.05) is 13.8 Å². The number of ether oxygens (including phenoxy) is 1. The monoisotopic (exact) mass is 200 g/mol. The largest absolute Gasteiger partial charge is 0.369 e. The Hall–Kier alpha value is -1.26. The molecular formula is C8H16N4O2. The van der Waals surface area contributed by atoms with Gasteiger partial charge in [-0.05, 0) is 25.8 Å². The van der Waals surface area contributed by atoms with Crippen molar-refractivity contribution in [1.29, 1.82) is 0 Å². The van der Waals surface area contributed by atoms with E-state index >= 15 is 0 Å². The van der Waals surface area contributed by atoms with E-state index < -0.39 is 0 Å². The van der Waals surface area contributed by atoms with Crippen molar-refractivity contribution in [1.82, 2.24) is 5.32 Å². The van der Waals surface area contributed by atoms with E-state index in [0.29, 0.717) is 19.5 Å². The lowest BCUT2D eigenvalue weighted by Gasteiger charge is -2.07. The Balaban J connectivity index is 3.31. The summed E-state index contributed by atoms with van der Waals surface area (Å²) in [5.74, 6) is -0.139. The van der Waals surface area contributed by atoms with Crippen LogP contribution >= 0.6 is 0 Å². The molecule has 6 heteroatoms. The third kappa shape index (κ3) is 8.83. The minimum absolute atomic E-state index is 0.0592. The van der Waals surface area contributed by atoms with E-state index in [1.165, 1.54) is 0 Å². The van der Waals surface area contributed by atoms with Crippen molar-refractivity contribution in [3.05, 3.63) is 10.4 Å². The third-order valence-corrected chi connectivity index (χ3v) is 1.37.